The first kappa shape index (κ1) is 16.2. The van der Waals surface area contributed by atoms with E-state index in [2.05, 4.69) is 38.6 Å². The Bertz CT molecular complexity index is 712. The molecule has 1 aromatic carbocycles. The third-order valence-electron chi connectivity index (χ3n) is 4.41. The first-order valence-corrected chi connectivity index (χ1v) is 8.67. The molecule has 0 radical (unpaired) electrons. The largest absolute Gasteiger partial charge is 0.349 e. The summed E-state index contributed by atoms with van der Waals surface area (Å²) in [5, 5.41) is 10.9. The summed E-state index contributed by atoms with van der Waals surface area (Å²) < 4.78 is 2.78. The lowest BCUT2D eigenvalue weighted by atomic mass is 9.95. The van der Waals surface area contributed by atoms with Crippen LogP contribution in [0.3, 0.4) is 0 Å². The Morgan fingerprint density at radius 2 is 2.30 bits per heavy atom. The van der Waals surface area contributed by atoms with Crippen molar-refractivity contribution in [2.24, 2.45) is 5.92 Å². The van der Waals surface area contributed by atoms with Gasteiger partial charge in [0.2, 0.25) is 0 Å². The molecule has 2 unspecified atom stereocenters. The van der Waals surface area contributed by atoms with Crippen molar-refractivity contribution >= 4 is 21.8 Å². The fourth-order valence-electron chi connectivity index (χ4n) is 2.98. The number of amides is 1. The number of rotatable bonds is 3. The van der Waals surface area contributed by atoms with E-state index in [0.29, 0.717) is 11.5 Å². The van der Waals surface area contributed by atoms with Gasteiger partial charge in [-0.3, -0.25) is 4.79 Å². The van der Waals surface area contributed by atoms with E-state index in [1.807, 2.05) is 31.2 Å². The molecule has 3 rings (SSSR count). The number of aromatic nitrogens is 2. The predicted octanol–water partition coefficient (Wildman–Crippen LogP) is 2.67. The first-order chi connectivity index (χ1) is 11.1. The van der Waals surface area contributed by atoms with Gasteiger partial charge in [-0.2, -0.15) is 5.10 Å². The fraction of sp³-hybridized carbons (Fsp3) is 0.412. The minimum atomic E-state index is -0.0394. The number of nitrogens with one attached hydrogen (secondary N) is 2. The van der Waals surface area contributed by atoms with Gasteiger partial charge < -0.3 is 10.6 Å². The molecule has 2 aromatic rings. The zero-order valence-electron chi connectivity index (χ0n) is 13.3. The van der Waals surface area contributed by atoms with Crippen LogP contribution in [0.2, 0.25) is 0 Å². The van der Waals surface area contributed by atoms with Gasteiger partial charge in [-0.05, 0) is 50.6 Å². The Hall–Kier alpha value is -1.66. The molecule has 1 amide bonds. The van der Waals surface area contributed by atoms with E-state index < -0.39 is 0 Å². The lowest BCUT2D eigenvalue weighted by molar-refractivity contribution is 0.0913. The van der Waals surface area contributed by atoms with Crippen LogP contribution in [0.1, 0.15) is 29.4 Å². The highest BCUT2D eigenvalue weighted by molar-refractivity contribution is 9.10. The third-order valence-corrected chi connectivity index (χ3v) is 4.90. The second-order valence-corrected chi connectivity index (χ2v) is 7.00. The second kappa shape index (κ2) is 6.84. The Morgan fingerprint density at radius 3 is 3.04 bits per heavy atom. The molecule has 23 heavy (non-hydrogen) atoms. The topological polar surface area (TPSA) is 59.0 Å². The minimum absolute atomic E-state index is 0.0394. The number of benzene rings is 1. The van der Waals surface area contributed by atoms with Gasteiger partial charge >= 0.3 is 0 Å². The number of hydrogen-bond donors (Lipinski definition) is 2. The van der Waals surface area contributed by atoms with Crippen LogP contribution < -0.4 is 10.6 Å². The van der Waals surface area contributed by atoms with Gasteiger partial charge in [0, 0.05) is 10.5 Å². The summed E-state index contributed by atoms with van der Waals surface area (Å²) in [4.78, 5) is 12.6. The van der Waals surface area contributed by atoms with E-state index in [-0.39, 0.29) is 11.9 Å². The lowest BCUT2D eigenvalue weighted by Crippen LogP contribution is -2.48. The maximum atomic E-state index is 12.6. The van der Waals surface area contributed by atoms with Crippen LogP contribution in [-0.2, 0) is 0 Å². The molecular weight excluding hydrogens is 356 g/mol. The van der Waals surface area contributed by atoms with Crippen LogP contribution in [0.4, 0.5) is 0 Å². The van der Waals surface area contributed by atoms with Crippen molar-refractivity contribution in [3.05, 3.63) is 46.2 Å². The molecule has 2 atom stereocenters. The molecule has 2 heterocycles. The molecule has 1 saturated heterocycles. The number of piperidine rings is 1. The molecule has 0 saturated carbocycles. The fourth-order valence-corrected chi connectivity index (χ4v) is 3.36. The molecular formula is C17H21BrN4O. The van der Waals surface area contributed by atoms with Crippen molar-refractivity contribution in [3.8, 4) is 5.69 Å². The monoisotopic (exact) mass is 376 g/mol. The number of carbonyl (C=O) groups is 1. The Morgan fingerprint density at radius 1 is 1.48 bits per heavy atom. The van der Waals surface area contributed by atoms with Crippen LogP contribution in [0.15, 0.2) is 34.9 Å². The Balaban J connectivity index is 1.80. The Labute approximate surface area is 144 Å². The molecule has 1 aromatic heterocycles. The average Bonchev–Trinajstić information content (AvgIpc) is 2.91. The number of hydrogen-bond acceptors (Lipinski definition) is 3. The molecule has 5 nitrogen and oxygen atoms in total. The van der Waals surface area contributed by atoms with E-state index in [1.165, 1.54) is 0 Å². The van der Waals surface area contributed by atoms with Gasteiger partial charge in [0.1, 0.15) is 0 Å². The van der Waals surface area contributed by atoms with Gasteiger partial charge in [-0.1, -0.05) is 28.9 Å². The quantitative estimate of drug-likeness (QED) is 0.865. The van der Waals surface area contributed by atoms with Gasteiger partial charge in [0.05, 0.1) is 23.1 Å². The van der Waals surface area contributed by atoms with E-state index >= 15 is 0 Å². The highest BCUT2D eigenvalue weighted by atomic mass is 79.9. The molecule has 1 aliphatic rings. The van der Waals surface area contributed by atoms with E-state index in [4.69, 9.17) is 0 Å². The van der Waals surface area contributed by atoms with E-state index in [0.717, 1.165) is 35.4 Å². The van der Waals surface area contributed by atoms with Crippen molar-refractivity contribution in [3.63, 3.8) is 0 Å². The molecule has 0 bridgehead atoms. The molecule has 1 aliphatic heterocycles. The lowest BCUT2D eigenvalue weighted by Gasteiger charge is -2.30. The molecule has 0 spiro atoms. The molecule has 122 valence electrons. The van der Waals surface area contributed by atoms with Gasteiger partial charge in [-0.15, -0.1) is 0 Å². The SMILES string of the molecule is Cc1c(C(=O)NC2CCNCC2C)cnn1-c1cccc(Br)c1. The maximum Gasteiger partial charge on any atom is 0.254 e. The van der Waals surface area contributed by atoms with Crippen molar-refractivity contribution in [1.29, 1.82) is 0 Å². The first-order valence-electron chi connectivity index (χ1n) is 7.88. The molecule has 1 fully saturated rings. The van der Waals surface area contributed by atoms with Crippen molar-refractivity contribution in [1.82, 2.24) is 20.4 Å². The van der Waals surface area contributed by atoms with Crippen LogP contribution in [-0.4, -0.2) is 34.8 Å². The standard InChI is InChI=1S/C17H21BrN4O/c1-11-9-19-7-6-16(11)21-17(23)15-10-20-22(12(15)2)14-5-3-4-13(18)8-14/h3-5,8,10-11,16,19H,6-7,9H2,1-2H3,(H,21,23). The van der Waals surface area contributed by atoms with Crippen LogP contribution in [0.5, 0.6) is 0 Å². The number of halogens is 1. The van der Waals surface area contributed by atoms with E-state index in [1.54, 1.807) is 10.9 Å². The van der Waals surface area contributed by atoms with Crippen LogP contribution >= 0.6 is 15.9 Å². The van der Waals surface area contributed by atoms with Gasteiger partial charge in [0.15, 0.2) is 0 Å². The number of carbonyl (C=O) groups excluding carboxylic acids is 1. The zero-order valence-corrected chi connectivity index (χ0v) is 14.9. The maximum absolute atomic E-state index is 12.6. The summed E-state index contributed by atoms with van der Waals surface area (Å²) in [5.41, 5.74) is 2.42. The zero-order chi connectivity index (χ0) is 16.4. The summed E-state index contributed by atoms with van der Waals surface area (Å²) >= 11 is 3.47. The normalized spacial score (nSPS) is 21.2. The minimum Gasteiger partial charge on any atom is -0.349 e. The summed E-state index contributed by atoms with van der Waals surface area (Å²) in [6, 6.07) is 8.10. The van der Waals surface area contributed by atoms with Gasteiger partial charge in [-0.25, -0.2) is 4.68 Å². The predicted molar refractivity (Wildman–Crippen MR) is 93.9 cm³/mol. The number of nitrogens with zero attached hydrogens (tertiary/aromatic N) is 2. The second-order valence-electron chi connectivity index (χ2n) is 6.09. The van der Waals surface area contributed by atoms with Gasteiger partial charge in [0.25, 0.3) is 5.91 Å². The van der Waals surface area contributed by atoms with Crippen LogP contribution in [0, 0.1) is 12.8 Å². The summed E-state index contributed by atoms with van der Waals surface area (Å²) in [7, 11) is 0. The van der Waals surface area contributed by atoms with E-state index in [9.17, 15) is 4.79 Å². The highest BCUT2D eigenvalue weighted by Gasteiger charge is 2.24. The molecule has 2 N–H and O–H groups in total. The average molecular weight is 377 g/mol. The van der Waals surface area contributed by atoms with Crippen molar-refractivity contribution in [2.45, 2.75) is 26.3 Å². The summed E-state index contributed by atoms with van der Waals surface area (Å²) in [6.07, 6.45) is 2.61. The van der Waals surface area contributed by atoms with Crippen molar-refractivity contribution < 1.29 is 4.79 Å². The van der Waals surface area contributed by atoms with Crippen LogP contribution in [0.25, 0.3) is 5.69 Å². The highest BCUT2D eigenvalue weighted by Crippen LogP contribution is 2.19. The Kier molecular flexibility index (Phi) is 4.82. The van der Waals surface area contributed by atoms with Crippen molar-refractivity contribution in [2.75, 3.05) is 13.1 Å². The summed E-state index contributed by atoms with van der Waals surface area (Å²) in [5.74, 6) is 0.399. The smallest absolute Gasteiger partial charge is 0.254 e. The third kappa shape index (κ3) is 3.48. The molecule has 6 heteroatoms. The molecule has 0 aliphatic carbocycles. The summed E-state index contributed by atoms with van der Waals surface area (Å²) in [6.45, 7) is 5.98.